The van der Waals surface area contributed by atoms with Crippen LogP contribution in [0, 0.1) is 0 Å². The van der Waals surface area contributed by atoms with Gasteiger partial charge < -0.3 is 14.0 Å². The second kappa shape index (κ2) is 7.57. The normalized spacial score (nSPS) is 21.9. The number of piperidine rings is 2. The van der Waals surface area contributed by atoms with E-state index in [0.717, 1.165) is 50.7 Å². The van der Waals surface area contributed by atoms with Crippen LogP contribution in [0.15, 0.2) is 16.9 Å². The zero-order valence-electron chi connectivity index (χ0n) is 15.3. The van der Waals surface area contributed by atoms with E-state index >= 15 is 0 Å². The molecule has 0 aromatic carbocycles. The Labute approximate surface area is 153 Å². The van der Waals surface area contributed by atoms with Crippen molar-refractivity contribution in [2.24, 2.45) is 7.05 Å². The summed E-state index contributed by atoms with van der Waals surface area (Å²) in [6.07, 6.45) is 7.29. The fraction of sp³-hybridized carbons (Fsp3) is 0.667. The molecule has 0 aliphatic carbocycles. The topological polar surface area (TPSA) is 80.3 Å². The molecule has 2 fully saturated rings. The van der Waals surface area contributed by atoms with Crippen LogP contribution in [-0.2, 0) is 13.6 Å². The van der Waals surface area contributed by atoms with Gasteiger partial charge in [-0.15, -0.1) is 10.2 Å². The highest BCUT2D eigenvalue weighted by Crippen LogP contribution is 2.27. The predicted octanol–water partition coefficient (Wildman–Crippen LogP) is 1.81. The Hall–Kier alpha value is -2.22. The molecule has 140 valence electrons. The lowest BCUT2D eigenvalue weighted by Gasteiger charge is -2.31. The van der Waals surface area contributed by atoms with E-state index in [9.17, 15) is 4.79 Å². The summed E-state index contributed by atoms with van der Waals surface area (Å²) in [7, 11) is 2.05. The summed E-state index contributed by atoms with van der Waals surface area (Å²) in [5, 5.41) is 12.7. The van der Waals surface area contributed by atoms with Crippen molar-refractivity contribution in [3.63, 3.8) is 0 Å². The number of carbonyl (C=O) groups excluding carboxylic acids is 1. The molecule has 2 aliphatic heterocycles. The highest BCUT2D eigenvalue weighted by atomic mass is 16.5. The molecule has 0 saturated carbocycles. The summed E-state index contributed by atoms with van der Waals surface area (Å²) in [5.74, 6) is 2.14. The molecule has 0 N–H and O–H groups in total. The molecule has 4 rings (SSSR count). The summed E-state index contributed by atoms with van der Waals surface area (Å²) in [6, 6.07) is 1.62. The molecule has 2 aromatic rings. The summed E-state index contributed by atoms with van der Waals surface area (Å²) in [5.41, 5.74) is 0.370. The number of likely N-dealkylation sites (tertiary alicyclic amines) is 2. The van der Waals surface area contributed by atoms with Crippen molar-refractivity contribution < 1.29 is 9.32 Å². The minimum atomic E-state index is -0.0702. The van der Waals surface area contributed by atoms with Crippen LogP contribution in [0.5, 0.6) is 0 Å². The maximum atomic E-state index is 12.5. The third kappa shape index (κ3) is 3.51. The summed E-state index contributed by atoms with van der Waals surface area (Å²) >= 11 is 0. The van der Waals surface area contributed by atoms with Crippen LogP contribution >= 0.6 is 0 Å². The Morgan fingerprint density at radius 2 is 2.04 bits per heavy atom. The van der Waals surface area contributed by atoms with E-state index in [0.29, 0.717) is 12.2 Å². The van der Waals surface area contributed by atoms with Crippen LogP contribution in [0.4, 0.5) is 0 Å². The molecule has 1 atom stereocenters. The van der Waals surface area contributed by atoms with Gasteiger partial charge in [0.1, 0.15) is 17.9 Å². The van der Waals surface area contributed by atoms with Gasteiger partial charge in [-0.1, -0.05) is 11.6 Å². The summed E-state index contributed by atoms with van der Waals surface area (Å²) in [4.78, 5) is 16.9. The monoisotopic (exact) mass is 358 g/mol. The van der Waals surface area contributed by atoms with E-state index in [1.807, 2.05) is 11.9 Å². The van der Waals surface area contributed by atoms with Crippen LogP contribution in [0.2, 0.25) is 0 Å². The summed E-state index contributed by atoms with van der Waals surface area (Å²) in [6.45, 7) is 4.55. The Bertz CT molecular complexity index is 735. The van der Waals surface area contributed by atoms with Gasteiger partial charge in [0.15, 0.2) is 5.69 Å². The van der Waals surface area contributed by atoms with E-state index in [2.05, 4.69) is 24.8 Å². The van der Waals surface area contributed by atoms with Crippen molar-refractivity contribution >= 4 is 5.91 Å². The second-order valence-electron chi connectivity index (χ2n) is 7.35. The third-order valence-electron chi connectivity index (χ3n) is 5.54. The first-order valence-electron chi connectivity index (χ1n) is 9.52. The largest absolute Gasteiger partial charge is 0.364 e. The highest BCUT2D eigenvalue weighted by Gasteiger charge is 2.30. The minimum Gasteiger partial charge on any atom is -0.364 e. The van der Waals surface area contributed by atoms with Gasteiger partial charge >= 0.3 is 0 Å². The average molecular weight is 358 g/mol. The molecule has 0 bridgehead atoms. The Morgan fingerprint density at radius 1 is 1.19 bits per heavy atom. The molecule has 8 nitrogen and oxygen atoms in total. The SMILES string of the molecule is Cn1c(CN2CCCCC2)nnc1[C@H]1CCCN(C(=O)c2ccon2)C1. The van der Waals surface area contributed by atoms with Crippen molar-refractivity contribution in [1.29, 1.82) is 0 Å². The van der Waals surface area contributed by atoms with E-state index < -0.39 is 0 Å². The fourth-order valence-electron chi connectivity index (χ4n) is 4.04. The second-order valence-corrected chi connectivity index (χ2v) is 7.35. The van der Waals surface area contributed by atoms with Crippen molar-refractivity contribution in [3.8, 4) is 0 Å². The molecule has 1 amide bonds. The standard InChI is InChI=1S/C18H26N6O2/c1-22-16(13-23-8-3-2-4-9-23)19-20-17(22)14-6-5-10-24(12-14)18(25)15-7-11-26-21-15/h7,11,14H,2-6,8-10,12-13H2,1H3/t14-/m0/s1. The first-order chi connectivity index (χ1) is 12.7. The molecule has 2 aliphatic rings. The lowest BCUT2D eigenvalue weighted by molar-refractivity contribution is 0.0693. The molecular weight excluding hydrogens is 332 g/mol. The van der Waals surface area contributed by atoms with Gasteiger partial charge in [0.2, 0.25) is 0 Å². The molecule has 2 aromatic heterocycles. The van der Waals surface area contributed by atoms with Gasteiger partial charge in [0.25, 0.3) is 5.91 Å². The molecule has 8 heteroatoms. The third-order valence-corrected chi connectivity index (χ3v) is 5.54. The Balaban J connectivity index is 1.44. The molecule has 0 unspecified atom stereocenters. The molecular formula is C18H26N6O2. The van der Waals surface area contributed by atoms with Crippen LogP contribution < -0.4 is 0 Å². The molecule has 0 spiro atoms. The van der Waals surface area contributed by atoms with E-state index in [1.54, 1.807) is 6.07 Å². The van der Waals surface area contributed by atoms with Gasteiger partial charge in [-0.05, 0) is 38.8 Å². The first-order valence-corrected chi connectivity index (χ1v) is 9.52. The predicted molar refractivity (Wildman–Crippen MR) is 94.5 cm³/mol. The zero-order chi connectivity index (χ0) is 17.9. The van der Waals surface area contributed by atoms with E-state index in [4.69, 9.17) is 4.52 Å². The van der Waals surface area contributed by atoms with Gasteiger partial charge in [0.05, 0.1) is 6.54 Å². The molecule has 26 heavy (non-hydrogen) atoms. The highest BCUT2D eigenvalue weighted by molar-refractivity contribution is 5.92. The van der Waals surface area contributed by atoms with Gasteiger partial charge in [0, 0.05) is 32.1 Å². The van der Waals surface area contributed by atoms with Gasteiger partial charge in [-0.25, -0.2) is 0 Å². The fourth-order valence-corrected chi connectivity index (χ4v) is 4.04. The zero-order valence-corrected chi connectivity index (χ0v) is 15.3. The van der Waals surface area contributed by atoms with E-state index in [1.165, 1.54) is 25.5 Å². The van der Waals surface area contributed by atoms with E-state index in [-0.39, 0.29) is 11.8 Å². The van der Waals surface area contributed by atoms with Crippen molar-refractivity contribution in [2.75, 3.05) is 26.2 Å². The maximum absolute atomic E-state index is 12.5. The number of hydrogen-bond acceptors (Lipinski definition) is 6. The lowest BCUT2D eigenvalue weighted by atomic mass is 9.97. The van der Waals surface area contributed by atoms with Crippen LogP contribution in [0.3, 0.4) is 0 Å². The Morgan fingerprint density at radius 3 is 2.81 bits per heavy atom. The Kier molecular flexibility index (Phi) is 5.01. The van der Waals surface area contributed by atoms with Crippen molar-refractivity contribution in [2.45, 2.75) is 44.6 Å². The van der Waals surface area contributed by atoms with Crippen LogP contribution in [0.1, 0.15) is 60.2 Å². The molecule has 0 radical (unpaired) electrons. The molecule has 2 saturated heterocycles. The first kappa shape index (κ1) is 17.2. The number of rotatable bonds is 4. The maximum Gasteiger partial charge on any atom is 0.276 e. The number of carbonyl (C=O) groups is 1. The quantitative estimate of drug-likeness (QED) is 0.829. The van der Waals surface area contributed by atoms with Crippen molar-refractivity contribution in [3.05, 3.63) is 29.7 Å². The summed E-state index contributed by atoms with van der Waals surface area (Å²) < 4.78 is 6.93. The minimum absolute atomic E-state index is 0.0702. The molecule has 4 heterocycles. The number of nitrogens with zero attached hydrogens (tertiary/aromatic N) is 6. The number of amides is 1. The van der Waals surface area contributed by atoms with Gasteiger partial charge in [-0.2, -0.15) is 0 Å². The van der Waals surface area contributed by atoms with Gasteiger partial charge in [-0.3, -0.25) is 9.69 Å². The number of hydrogen-bond donors (Lipinski definition) is 0. The smallest absolute Gasteiger partial charge is 0.276 e. The van der Waals surface area contributed by atoms with Crippen LogP contribution in [0.25, 0.3) is 0 Å². The number of aromatic nitrogens is 4. The van der Waals surface area contributed by atoms with Crippen molar-refractivity contribution in [1.82, 2.24) is 29.7 Å². The van der Waals surface area contributed by atoms with Crippen LogP contribution in [-0.4, -0.2) is 61.8 Å². The average Bonchev–Trinajstić information content (AvgIpc) is 3.33. The lowest BCUT2D eigenvalue weighted by Crippen LogP contribution is -2.40.